The maximum atomic E-state index is 10.3. The highest BCUT2D eigenvalue weighted by molar-refractivity contribution is 5.32. The molecule has 0 radical (unpaired) electrons. The monoisotopic (exact) mass is 230 g/mol. The molecule has 17 heavy (non-hydrogen) atoms. The van der Waals surface area contributed by atoms with Crippen LogP contribution in [0.15, 0.2) is 29.8 Å². The summed E-state index contributed by atoms with van der Waals surface area (Å²) in [5.74, 6) is 0. The molecule has 1 aliphatic rings. The number of benzene rings is 1. The summed E-state index contributed by atoms with van der Waals surface area (Å²) in [6, 6.07) is 6.47. The van der Waals surface area contributed by atoms with Gasteiger partial charge in [0.1, 0.15) is 0 Å². The van der Waals surface area contributed by atoms with Gasteiger partial charge < -0.3 is 5.11 Å². The smallest absolute Gasteiger partial charge is 0.0790 e. The van der Waals surface area contributed by atoms with Crippen LogP contribution in [-0.2, 0) is 6.42 Å². The van der Waals surface area contributed by atoms with Crippen LogP contribution in [0, 0.1) is 13.8 Å². The molecule has 1 aromatic carbocycles. The molecular formula is C16H22O. The summed E-state index contributed by atoms with van der Waals surface area (Å²) in [6.45, 7) is 4.23. The molecule has 0 spiro atoms. The molecule has 1 aliphatic carbocycles. The zero-order valence-electron chi connectivity index (χ0n) is 10.9. The van der Waals surface area contributed by atoms with Gasteiger partial charge in [0.15, 0.2) is 0 Å². The van der Waals surface area contributed by atoms with Gasteiger partial charge in [0.25, 0.3) is 0 Å². The fraction of sp³-hybridized carbons (Fsp3) is 0.500. The highest BCUT2D eigenvalue weighted by atomic mass is 16.3. The fourth-order valence-corrected chi connectivity index (χ4v) is 2.53. The van der Waals surface area contributed by atoms with Crippen molar-refractivity contribution in [3.05, 3.63) is 46.5 Å². The third-order valence-corrected chi connectivity index (χ3v) is 3.67. The first-order valence-electron chi connectivity index (χ1n) is 6.60. The van der Waals surface area contributed by atoms with Crippen molar-refractivity contribution in [1.29, 1.82) is 0 Å². The average Bonchev–Trinajstić information content (AvgIpc) is 2.35. The molecular weight excluding hydrogens is 208 g/mol. The van der Waals surface area contributed by atoms with Crippen molar-refractivity contribution in [3.63, 3.8) is 0 Å². The Morgan fingerprint density at radius 1 is 1.24 bits per heavy atom. The van der Waals surface area contributed by atoms with Crippen molar-refractivity contribution in [2.24, 2.45) is 0 Å². The van der Waals surface area contributed by atoms with Crippen molar-refractivity contribution < 1.29 is 5.11 Å². The molecule has 0 heterocycles. The number of hydrogen-bond donors (Lipinski definition) is 1. The zero-order valence-corrected chi connectivity index (χ0v) is 10.9. The lowest BCUT2D eigenvalue weighted by Gasteiger charge is -2.19. The summed E-state index contributed by atoms with van der Waals surface area (Å²) in [4.78, 5) is 0. The largest absolute Gasteiger partial charge is 0.388 e. The van der Waals surface area contributed by atoms with Gasteiger partial charge in [-0.1, -0.05) is 29.8 Å². The maximum Gasteiger partial charge on any atom is 0.0790 e. The summed E-state index contributed by atoms with van der Waals surface area (Å²) in [5, 5.41) is 10.3. The molecule has 1 unspecified atom stereocenters. The van der Waals surface area contributed by atoms with Crippen molar-refractivity contribution >= 4 is 0 Å². The second-order valence-electron chi connectivity index (χ2n) is 5.17. The van der Waals surface area contributed by atoms with Gasteiger partial charge in [-0.2, -0.15) is 0 Å². The Morgan fingerprint density at radius 2 is 2.06 bits per heavy atom. The van der Waals surface area contributed by atoms with E-state index in [2.05, 4.69) is 38.1 Å². The number of aliphatic hydroxyl groups is 1. The van der Waals surface area contributed by atoms with E-state index in [4.69, 9.17) is 0 Å². The lowest BCUT2D eigenvalue weighted by atomic mass is 9.90. The Kier molecular flexibility index (Phi) is 4.01. The highest BCUT2D eigenvalue weighted by Crippen LogP contribution is 2.23. The third-order valence-electron chi connectivity index (χ3n) is 3.67. The second-order valence-corrected chi connectivity index (χ2v) is 5.17. The second kappa shape index (κ2) is 5.50. The van der Waals surface area contributed by atoms with Crippen LogP contribution in [0.2, 0.25) is 0 Å². The topological polar surface area (TPSA) is 20.2 Å². The van der Waals surface area contributed by atoms with Crippen LogP contribution in [0.1, 0.15) is 42.4 Å². The van der Waals surface area contributed by atoms with Crippen LogP contribution in [-0.4, -0.2) is 11.2 Å². The molecule has 1 atom stereocenters. The summed E-state index contributed by atoms with van der Waals surface area (Å²) >= 11 is 0. The number of aryl methyl sites for hydroxylation is 2. The van der Waals surface area contributed by atoms with Crippen molar-refractivity contribution in [2.75, 3.05) is 0 Å². The van der Waals surface area contributed by atoms with Gasteiger partial charge in [-0.15, -0.1) is 0 Å². The predicted molar refractivity (Wildman–Crippen MR) is 72.2 cm³/mol. The lowest BCUT2D eigenvalue weighted by molar-refractivity contribution is 0.204. The van der Waals surface area contributed by atoms with Gasteiger partial charge in [0.05, 0.1) is 6.10 Å². The Balaban J connectivity index is 2.09. The van der Waals surface area contributed by atoms with E-state index < -0.39 is 0 Å². The molecule has 0 saturated heterocycles. The molecule has 0 amide bonds. The van der Waals surface area contributed by atoms with E-state index in [1.807, 2.05) is 0 Å². The van der Waals surface area contributed by atoms with Gasteiger partial charge >= 0.3 is 0 Å². The quantitative estimate of drug-likeness (QED) is 0.785. The predicted octanol–water partition coefficient (Wildman–Crippen LogP) is 3.71. The molecule has 0 aromatic heterocycles. The first-order valence-corrected chi connectivity index (χ1v) is 6.60. The van der Waals surface area contributed by atoms with E-state index >= 15 is 0 Å². The van der Waals surface area contributed by atoms with Gasteiger partial charge in [-0.25, -0.2) is 0 Å². The number of hydrogen-bond acceptors (Lipinski definition) is 1. The normalized spacial score (nSPS) is 17.7. The molecule has 2 rings (SSSR count). The maximum absolute atomic E-state index is 10.3. The van der Waals surface area contributed by atoms with E-state index in [0.717, 1.165) is 19.3 Å². The minimum absolute atomic E-state index is 0.282. The van der Waals surface area contributed by atoms with E-state index in [-0.39, 0.29) is 6.10 Å². The molecule has 0 bridgehead atoms. The molecule has 1 aromatic rings. The lowest BCUT2D eigenvalue weighted by Crippen LogP contribution is -2.16. The van der Waals surface area contributed by atoms with Crippen molar-refractivity contribution in [3.8, 4) is 0 Å². The summed E-state index contributed by atoms with van der Waals surface area (Å²) in [7, 11) is 0. The van der Waals surface area contributed by atoms with Crippen LogP contribution in [0.4, 0.5) is 0 Å². The molecule has 1 N–H and O–H groups in total. The van der Waals surface area contributed by atoms with Crippen LogP contribution >= 0.6 is 0 Å². The Bertz CT molecular complexity index is 418. The third kappa shape index (κ3) is 3.19. The average molecular weight is 230 g/mol. The van der Waals surface area contributed by atoms with E-state index in [0.29, 0.717) is 0 Å². The van der Waals surface area contributed by atoms with Gasteiger partial charge in [-0.3, -0.25) is 0 Å². The summed E-state index contributed by atoms with van der Waals surface area (Å²) in [6.07, 6.45) is 7.44. The molecule has 0 aliphatic heterocycles. The minimum atomic E-state index is -0.282. The zero-order chi connectivity index (χ0) is 12.3. The number of allylic oxidation sites excluding steroid dienone is 1. The van der Waals surface area contributed by atoms with Crippen LogP contribution in [0.5, 0.6) is 0 Å². The first-order chi connectivity index (χ1) is 8.16. The summed E-state index contributed by atoms with van der Waals surface area (Å²) < 4.78 is 0. The molecule has 0 fully saturated rings. The number of rotatable bonds is 3. The summed E-state index contributed by atoms with van der Waals surface area (Å²) in [5.41, 5.74) is 5.09. The van der Waals surface area contributed by atoms with Crippen LogP contribution in [0.3, 0.4) is 0 Å². The van der Waals surface area contributed by atoms with Crippen molar-refractivity contribution in [2.45, 2.75) is 52.1 Å². The van der Waals surface area contributed by atoms with Gasteiger partial charge in [0.2, 0.25) is 0 Å². The fourth-order valence-electron chi connectivity index (χ4n) is 2.53. The van der Waals surface area contributed by atoms with E-state index in [1.165, 1.54) is 35.1 Å². The standard InChI is InChI=1S/C16H22O/c1-12-8-9-13(2)15(10-12)11-16(17)14-6-4-3-5-7-14/h6,8-10,16-17H,3-5,7,11H2,1-2H3. The Morgan fingerprint density at radius 3 is 2.76 bits per heavy atom. The Labute approximate surface area is 104 Å². The van der Waals surface area contributed by atoms with E-state index in [1.54, 1.807) is 0 Å². The SMILES string of the molecule is Cc1ccc(C)c(CC(O)C2=CCCCC2)c1. The molecule has 0 saturated carbocycles. The van der Waals surface area contributed by atoms with Crippen LogP contribution in [0.25, 0.3) is 0 Å². The van der Waals surface area contributed by atoms with Gasteiger partial charge in [-0.05, 0) is 56.2 Å². The van der Waals surface area contributed by atoms with Crippen molar-refractivity contribution in [1.82, 2.24) is 0 Å². The first kappa shape index (κ1) is 12.4. The molecule has 92 valence electrons. The Hall–Kier alpha value is -1.08. The number of aliphatic hydroxyl groups excluding tert-OH is 1. The van der Waals surface area contributed by atoms with Gasteiger partial charge in [0, 0.05) is 6.42 Å². The van der Waals surface area contributed by atoms with Crippen LogP contribution < -0.4 is 0 Å². The molecule has 1 nitrogen and oxygen atoms in total. The molecule has 1 heteroatoms. The minimum Gasteiger partial charge on any atom is -0.388 e. The highest BCUT2D eigenvalue weighted by Gasteiger charge is 2.14. The van der Waals surface area contributed by atoms with E-state index in [9.17, 15) is 5.11 Å².